The summed E-state index contributed by atoms with van der Waals surface area (Å²) in [6.45, 7) is 0.983. The first-order valence-corrected chi connectivity index (χ1v) is 11.6. The van der Waals surface area contributed by atoms with Gasteiger partial charge >= 0.3 is 0 Å². The lowest BCUT2D eigenvalue weighted by molar-refractivity contribution is -0.857. The molecule has 0 radical (unpaired) electrons. The summed E-state index contributed by atoms with van der Waals surface area (Å²) in [4.78, 5) is 28.5. The topological polar surface area (TPSA) is 99.4 Å². The number of carbonyl (C=O) groups excluding carboxylic acids is 2. The van der Waals surface area contributed by atoms with E-state index in [0.29, 0.717) is 18.7 Å². The van der Waals surface area contributed by atoms with Crippen molar-refractivity contribution in [1.82, 2.24) is 9.21 Å². The second-order valence-corrected chi connectivity index (χ2v) is 10.3. The third-order valence-corrected chi connectivity index (χ3v) is 7.24. The van der Waals surface area contributed by atoms with Gasteiger partial charge in [-0.1, -0.05) is 30.3 Å². The lowest BCUT2D eigenvalue weighted by atomic mass is 9.95. The van der Waals surface area contributed by atoms with E-state index < -0.39 is 27.8 Å². The molecule has 1 aliphatic heterocycles. The third-order valence-electron chi connectivity index (χ3n) is 5.41. The number of carbonyl (C=O) groups is 2. The van der Waals surface area contributed by atoms with Crippen molar-refractivity contribution >= 4 is 27.5 Å². The zero-order valence-electron chi connectivity index (χ0n) is 18.6. The maximum Gasteiger partial charge on any atom is 0.295 e. The van der Waals surface area contributed by atoms with Gasteiger partial charge in [-0.15, -0.1) is 0 Å². The van der Waals surface area contributed by atoms with Crippen LogP contribution in [0.15, 0.2) is 65.1 Å². The molecule has 0 aromatic heterocycles. The van der Waals surface area contributed by atoms with Crippen LogP contribution in [0.25, 0.3) is 5.76 Å². The van der Waals surface area contributed by atoms with Crippen molar-refractivity contribution in [2.24, 2.45) is 0 Å². The number of hydrogen-bond donors (Lipinski definition) is 2. The largest absolute Gasteiger partial charge is 0.507 e. The molecule has 0 saturated carbocycles. The number of ketones is 1. The Morgan fingerprint density at radius 1 is 1.03 bits per heavy atom. The van der Waals surface area contributed by atoms with Crippen LogP contribution in [-0.4, -0.2) is 75.7 Å². The zero-order chi connectivity index (χ0) is 23.6. The Balaban J connectivity index is 2.10. The van der Waals surface area contributed by atoms with Crippen LogP contribution < -0.4 is 4.90 Å². The monoisotopic (exact) mass is 458 g/mol. The molecule has 1 unspecified atom stereocenters. The van der Waals surface area contributed by atoms with E-state index in [1.54, 1.807) is 0 Å². The number of Topliss-reactive ketones (excluding diaryl/α,β-unsaturated/α-hetero) is 1. The molecule has 170 valence electrons. The first-order chi connectivity index (χ1) is 15.1. The molecule has 2 N–H and O–H groups in total. The van der Waals surface area contributed by atoms with E-state index in [-0.39, 0.29) is 21.8 Å². The van der Waals surface area contributed by atoms with Crippen LogP contribution in [0.4, 0.5) is 0 Å². The number of hydrogen-bond acceptors (Lipinski definition) is 5. The SMILES string of the molecule is CN(C)S(=O)(=O)c1ccc(C(O)=C2C(=O)C(=O)N(CC[NH+](C)C)C2c2ccccc2)cc1. The number of quaternary nitrogens is 1. The summed E-state index contributed by atoms with van der Waals surface area (Å²) in [7, 11) is 3.14. The van der Waals surface area contributed by atoms with Crippen LogP contribution in [0.5, 0.6) is 0 Å². The summed E-state index contributed by atoms with van der Waals surface area (Å²) in [6, 6.07) is 14.0. The van der Waals surface area contributed by atoms with Crippen LogP contribution in [0.2, 0.25) is 0 Å². The van der Waals surface area contributed by atoms with Gasteiger partial charge in [-0.2, -0.15) is 0 Å². The van der Waals surface area contributed by atoms with Crippen molar-refractivity contribution in [1.29, 1.82) is 0 Å². The minimum absolute atomic E-state index is 0.00169. The molecule has 1 amide bonds. The lowest BCUT2D eigenvalue weighted by Crippen LogP contribution is -3.06. The van der Waals surface area contributed by atoms with Crippen LogP contribution in [0.1, 0.15) is 17.2 Å². The summed E-state index contributed by atoms with van der Waals surface area (Å²) < 4.78 is 25.7. The molecule has 2 aromatic rings. The van der Waals surface area contributed by atoms with E-state index >= 15 is 0 Å². The fraction of sp³-hybridized carbons (Fsp3) is 0.304. The summed E-state index contributed by atoms with van der Waals surface area (Å²) >= 11 is 0. The minimum Gasteiger partial charge on any atom is -0.507 e. The smallest absolute Gasteiger partial charge is 0.295 e. The molecule has 8 nitrogen and oxygen atoms in total. The van der Waals surface area contributed by atoms with E-state index in [1.165, 1.54) is 43.3 Å². The quantitative estimate of drug-likeness (QED) is 0.358. The minimum atomic E-state index is -3.63. The summed E-state index contributed by atoms with van der Waals surface area (Å²) in [5.74, 6) is -1.74. The van der Waals surface area contributed by atoms with Gasteiger partial charge < -0.3 is 14.9 Å². The molecule has 2 aromatic carbocycles. The Labute approximate surface area is 188 Å². The molecule has 0 spiro atoms. The summed E-state index contributed by atoms with van der Waals surface area (Å²) in [5.41, 5.74) is 0.979. The van der Waals surface area contributed by atoms with Gasteiger partial charge in [-0.25, -0.2) is 12.7 Å². The number of likely N-dealkylation sites (tertiary alicyclic amines) is 1. The second kappa shape index (κ2) is 9.23. The van der Waals surface area contributed by atoms with Gasteiger partial charge in [0.2, 0.25) is 10.0 Å². The molecule has 0 bridgehead atoms. The molecule has 32 heavy (non-hydrogen) atoms. The Hall–Kier alpha value is -3.01. The van der Waals surface area contributed by atoms with Crippen LogP contribution in [-0.2, 0) is 19.6 Å². The standard InChI is InChI=1S/C23H27N3O5S/c1-24(2)14-15-26-20(16-8-6-5-7-9-16)19(22(28)23(26)29)21(27)17-10-12-18(13-11-17)32(30,31)25(3)4/h5-13,20,27H,14-15H2,1-4H3/p+1. The highest BCUT2D eigenvalue weighted by atomic mass is 32.2. The fourth-order valence-electron chi connectivity index (χ4n) is 3.59. The first-order valence-electron chi connectivity index (χ1n) is 10.2. The molecule has 1 atom stereocenters. The van der Waals surface area contributed by atoms with Gasteiger partial charge in [-0.3, -0.25) is 9.59 Å². The number of aliphatic hydroxyl groups is 1. The predicted octanol–water partition coefficient (Wildman–Crippen LogP) is 0.503. The Morgan fingerprint density at radius 2 is 1.62 bits per heavy atom. The highest BCUT2D eigenvalue weighted by Gasteiger charge is 2.46. The van der Waals surface area contributed by atoms with E-state index in [1.807, 2.05) is 44.4 Å². The van der Waals surface area contributed by atoms with Gasteiger partial charge in [0.25, 0.3) is 11.7 Å². The normalized spacial score (nSPS) is 18.7. The van der Waals surface area contributed by atoms with Crippen LogP contribution in [0, 0.1) is 0 Å². The van der Waals surface area contributed by atoms with Crippen molar-refractivity contribution in [2.75, 3.05) is 41.3 Å². The van der Waals surface area contributed by atoms with Crippen LogP contribution in [0.3, 0.4) is 0 Å². The molecule has 3 rings (SSSR count). The van der Waals surface area contributed by atoms with E-state index in [0.717, 1.165) is 9.21 Å². The van der Waals surface area contributed by atoms with Gasteiger partial charge in [0, 0.05) is 19.7 Å². The third kappa shape index (κ3) is 4.45. The zero-order valence-corrected chi connectivity index (χ0v) is 19.4. The van der Waals surface area contributed by atoms with Gasteiger partial charge in [0.05, 0.1) is 43.7 Å². The van der Waals surface area contributed by atoms with E-state index in [4.69, 9.17) is 0 Å². The molecule has 0 aliphatic carbocycles. The molecule has 1 fully saturated rings. The highest BCUT2D eigenvalue weighted by molar-refractivity contribution is 7.89. The summed E-state index contributed by atoms with van der Waals surface area (Å²) in [6.07, 6.45) is 0. The Bertz CT molecular complexity index is 1140. The first kappa shape index (κ1) is 23.6. The van der Waals surface area contributed by atoms with Crippen molar-refractivity contribution in [3.05, 3.63) is 71.3 Å². The van der Waals surface area contributed by atoms with Crippen LogP contribution >= 0.6 is 0 Å². The maximum absolute atomic E-state index is 13.0. The van der Waals surface area contributed by atoms with Gasteiger partial charge in [0.15, 0.2) is 0 Å². The molecular weight excluding hydrogens is 430 g/mol. The van der Waals surface area contributed by atoms with Gasteiger partial charge in [-0.05, 0) is 29.8 Å². The van der Waals surface area contributed by atoms with E-state index in [9.17, 15) is 23.1 Å². The van der Waals surface area contributed by atoms with Crippen molar-refractivity contribution in [2.45, 2.75) is 10.9 Å². The molecule has 9 heteroatoms. The van der Waals surface area contributed by atoms with Crippen molar-refractivity contribution < 1.29 is 28.0 Å². The Morgan fingerprint density at radius 3 is 2.16 bits per heavy atom. The second-order valence-electron chi connectivity index (χ2n) is 8.17. The number of rotatable bonds is 7. The lowest BCUT2D eigenvalue weighted by Gasteiger charge is -2.25. The number of nitrogens with zero attached hydrogens (tertiary/aromatic N) is 2. The number of likely N-dealkylation sites (N-methyl/N-ethyl adjacent to an activating group) is 1. The average Bonchev–Trinajstić information content (AvgIpc) is 3.02. The number of sulfonamides is 1. The fourth-order valence-corrected chi connectivity index (χ4v) is 4.49. The van der Waals surface area contributed by atoms with Crippen molar-refractivity contribution in [3.8, 4) is 0 Å². The number of benzene rings is 2. The van der Waals surface area contributed by atoms with Crippen molar-refractivity contribution in [3.63, 3.8) is 0 Å². The molecule has 1 heterocycles. The molecule has 1 aliphatic rings. The average molecular weight is 459 g/mol. The molecule has 1 saturated heterocycles. The number of amides is 1. The summed E-state index contributed by atoms with van der Waals surface area (Å²) in [5, 5.41) is 11.1. The number of aliphatic hydroxyl groups excluding tert-OH is 1. The van der Waals surface area contributed by atoms with Gasteiger partial charge in [0.1, 0.15) is 5.76 Å². The highest BCUT2D eigenvalue weighted by Crippen LogP contribution is 2.39. The number of nitrogens with one attached hydrogen (secondary N) is 1. The maximum atomic E-state index is 13.0. The Kier molecular flexibility index (Phi) is 6.82. The molecular formula is C23H28N3O5S+. The predicted molar refractivity (Wildman–Crippen MR) is 120 cm³/mol. The van der Waals surface area contributed by atoms with E-state index in [2.05, 4.69) is 0 Å².